The van der Waals surface area contributed by atoms with E-state index >= 15 is 0 Å². The molecule has 2 atom stereocenters. The molecule has 0 bridgehead atoms. The van der Waals surface area contributed by atoms with E-state index in [1.807, 2.05) is 26.9 Å². The van der Waals surface area contributed by atoms with Crippen LogP contribution in [0.4, 0.5) is 23.2 Å². The highest BCUT2D eigenvalue weighted by Gasteiger charge is 2.37. The number of imidazole rings is 1. The van der Waals surface area contributed by atoms with Crippen LogP contribution in [-0.4, -0.2) is 32.2 Å². The Balaban J connectivity index is 1.69. The molecule has 2 N–H and O–H groups in total. The Hall–Kier alpha value is -1.76. The van der Waals surface area contributed by atoms with E-state index in [4.69, 9.17) is 17.3 Å². The molecule has 0 aliphatic carbocycles. The Morgan fingerprint density at radius 3 is 2.76 bits per heavy atom. The average molecular weight is 615 g/mol. The number of hydrogen-bond donors (Lipinski definition) is 1. The molecule has 1 aromatic carbocycles. The van der Waals surface area contributed by atoms with E-state index in [9.17, 15) is 22.4 Å². The van der Waals surface area contributed by atoms with Crippen LogP contribution in [0.3, 0.4) is 0 Å². The monoisotopic (exact) mass is 614 g/mol. The van der Waals surface area contributed by atoms with Gasteiger partial charge >= 0.3 is 6.18 Å². The molecule has 1 aliphatic heterocycles. The first-order chi connectivity index (χ1) is 15.7. The van der Waals surface area contributed by atoms with Crippen molar-refractivity contribution in [3.63, 3.8) is 0 Å². The number of hydrogen-bond acceptors (Lipinski definition) is 5. The first-order valence-corrected chi connectivity index (χ1v) is 14.1. The van der Waals surface area contributed by atoms with Gasteiger partial charge in [0, 0.05) is 25.2 Å². The molecule has 33 heavy (non-hydrogen) atoms. The number of nitrogens with zero attached hydrogens (tertiary/aromatic N) is 5. The molecule has 7 nitrogen and oxygen atoms in total. The van der Waals surface area contributed by atoms with Crippen molar-refractivity contribution in [2.75, 3.05) is 18.0 Å². The molecule has 1 aliphatic rings. The standard InChI is InChI=1S/C19H17ClF4IN6OP/c20-17-16(7-28-31(33-25)18(17)32)29-4-3-14-13(8-29)27-9-30(14)15(6-26)11-2-1-10(21)5-12(11)19(22,23)24/h1-2,5,7,9,15,33H,3-4,6,8,26H2. The molecule has 4 rings (SSSR count). The second-order valence-corrected chi connectivity index (χ2v) is 9.76. The Bertz CT molecular complexity index is 1250. The van der Waals surface area contributed by atoms with Gasteiger partial charge in [-0.1, -0.05) is 17.7 Å². The molecule has 0 fully saturated rings. The van der Waals surface area contributed by atoms with Gasteiger partial charge in [-0.15, -0.1) is 0 Å². The number of fused-ring (bicyclic) bond motifs is 1. The van der Waals surface area contributed by atoms with Crippen LogP contribution >= 0.6 is 40.0 Å². The predicted octanol–water partition coefficient (Wildman–Crippen LogP) is 4.15. The highest BCUT2D eigenvalue weighted by Crippen LogP contribution is 2.37. The van der Waals surface area contributed by atoms with Crippen molar-refractivity contribution < 1.29 is 17.6 Å². The number of rotatable bonds is 5. The summed E-state index contributed by atoms with van der Waals surface area (Å²) in [6, 6.07) is 1.72. The van der Waals surface area contributed by atoms with Gasteiger partial charge in [-0.3, -0.25) is 4.79 Å². The van der Waals surface area contributed by atoms with E-state index in [1.165, 1.54) is 17.0 Å². The van der Waals surface area contributed by atoms with Gasteiger partial charge in [0.1, 0.15) is 10.8 Å². The lowest BCUT2D eigenvalue weighted by molar-refractivity contribution is -0.138. The Morgan fingerprint density at radius 1 is 1.33 bits per heavy atom. The number of nitrogens with two attached hydrogens (primary N) is 1. The minimum atomic E-state index is -4.73. The van der Waals surface area contributed by atoms with Crippen LogP contribution in [0.2, 0.25) is 5.02 Å². The number of alkyl halides is 3. The van der Waals surface area contributed by atoms with Crippen LogP contribution in [-0.2, 0) is 19.1 Å². The van der Waals surface area contributed by atoms with Crippen LogP contribution < -0.4 is 16.2 Å². The molecule has 0 saturated carbocycles. The van der Waals surface area contributed by atoms with Crippen LogP contribution in [0, 0.1) is 5.82 Å². The maximum absolute atomic E-state index is 13.6. The summed E-state index contributed by atoms with van der Waals surface area (Å²) in [5.41, 5.74) is 6.14. The maximum Gasteiger partial charge on any atom is 0.416 e. The van der Waals surface area contributed by atoms with Crippen molar-refractivity contribution in [1.29, 1.82) is 0 Å². The van der Waals surface area contributed by atoms with Crippen molar-refractivity contribution in [3.05, 3.63) is 74.4 Å². The third kappa shape index (κ3) is 4.62. The molecule has 0 amide bonds. The lowest BCUT2D eigenvalue weighted by Gasteiger charge is -2.31. The summed E-state index contributed by atoms with van der Waals surface area (Å²) in [7, 11) is 0. The quantitative estimate of drug-likeness (QED) is 0.265. The van der Waals surface area contributed by atoms with Gasteiger partial charge < -0.3 is 15.2 Å². The van der Waals surface area contributed by atoms with Gasteiger partial charge in [0.15, 0.2) is 0 Å². The normalized spacial score (nSPS) is 15.3. The molecule has 0 saturated heterocycles. The summed E-state index contributed by atoms with van der Waals surface area (Å²) in [6.07, 6.45) is -1.22. The van der Waals surface area contributed by atoms with Crippen LogP contribution in [0.1, 0.15) is 28.6 Å². The van der Waals surface area contributed by atoms with Gasteiger partial charge in [0.05, 0.1) is 48.4 Å². The molecule has 3 aromatic rings. The highest BCUT2D eigenvalue weighted by atomic mass is 127. The van der Waals surface area contributed by atoms with Crippen LogP contribution in [0.15, 0.2) is 35.5 Å². The molecule has 3 heterocycles. The average Bonchev–Trinajstić information content (AvgIpc) is 3.19. The molecule has 0 spiro atoms. The molecule has 2 aromatic heterocycles. The van der Waals surface area contributed by atoms with Gasteiger partial charge in [0.25, 0.3) is 5.56 Å². The van der Waals surface area contributed by atoms with E-state index in [1.54, 1.807) is 4.57 Å². The first kappa shape index (κ1) is 24.4. The summed E-state index contributed by atoms with van der Waals surface area (Å²) in [5, 5.41) is 4.17. The van der Waals surface area contributed by atoms with E-state index in [0.717, 1.165) is 17.8 Å². The van der Waals surface area contributed by atoms with Crippen molar-refractivity contribution >= 4 is 45.7 Å². The molecular formula is C19H17ClF4IN6OP. The molecule has 0 radical (unpaired) electrons. The predicted molar refractivity (Wildman–Crippen MR) is 127 cm³/mol. The first-order valence-electron chi connectivity index (χ1n) is 9.66. The SMILES string of the molecule is NCC(c1ccc(F)cc1C(F)(F)F)n1cnc2c1CCN(c1cnn(PI)c(=O)c1Cl)C2. The van der Waals surface area contributed by atoms with Gasteiger partial charge in [-0.25, -0.2) is 13.8 Å². The van der Waals surface area contributed by atoms with Crippen molar-refractivity contribution in [3.8, 4) is 0 Å². The number of aromatic nitrogens is 4. The maximum atomic E-state index is 13.6. The second-order valence-electron chi connectivity index (χ2n) is 7.34. The third-order valence-corrected chi connectivity index (χ3v) is 7.71. The van der Waals surface area contributed by atoms with Crippen LogP contribution in [0.5, 0.6) is 0 Å². The lowest BCUT2D eigenvalue weighted by Crippen LogP contribution is -2.34. The largest absolute Gasteiger partial charge is 0.416 e. The van der Waals surface area contributed by atoms with Gasteiger partial charge in [-0.05, 0) is 39.7 Å². The number of anilines is 1. The number of halogens is 6. The van der Waals surface area contributed by atoms with E-state index in [0.29, 0.717) is 37.0 Å². The lowest BCUT2D eigenvalue weighted by atomic mass is 9.98. The van der Waals surface area contributed by atoms with Crippen LogP contribution in [0.25, 0.3) is 0 Å². The fourth-order valence-electron chi connectivity index (χ4n) is 3.97. The Morgan fingerprint density at radius 2 is 2.09 bits per heavy atom. The summed E-state index contributed by atoms with van der Waals surface area (Å²) in [5.74, 6) is -0.972. The van der Waals surface area contributed by atoms with Gasteiger partial charge in [-0.2, -0.15) is 18.3 Å². The van der Waals surface area contributed by atoms with E-state index in [2.05, 4.69) is 10.1 Å². The van der Waals surface area contributed by atoms with E-state index in [-0.39, 0.29) is 23.5 Å². The smallest absolute Gasteiger partial charge is 0.362 e. The third-order valence-electron chi connectivity index (χ3n) is 5.50. The minimum absolute atomic E-state index is 0.0537. The molecular weight excluding hydrogens is 598 g/mol. The Labute approximate surface area is 205 Å². The summed E-state index contributed by atoms with van der Waals surface area (Å²) in [4.78, 5) is 18.6. The highest BCUT2D eigenvalue weighted by molar-refractivity contribution is 14.2. The summed E-state index contributed by atoms with van der Waals surface area (Å²) >= 11 is 8.31. The zero-order valence-electron chi connectivity index (χ0n) is 16.8. The molecule has 176 valence electrons. The van der Waals surface area contributed by atoms with Crippen molar-refractivity contribution in [2.45, 2.75) is 25.2 Å². The van der Waals surface area contributed by atoms with Crippen molar-refractivity contribution in [2.24, 2.45) is 5.73 Å². The molecule has 2 unspecified atom stereocenters. The van der Waals surface area contributed by atoms with Crippen molar-refractivity contribution in [1.82, 2.24) is 19.1 Å². The minimum Gasteiger partial charge on any atom is -0.362 e. The zero-order chi connectivity index (χ0) is 23.9. The number of benzene rings is 1. The topological polar surface area (TPSA) is 82.0 Å². The second kappa shape index (κ2) is 9.47. The zero-order valence-corrected chi connectivity index (χ0v) is 20.7. The molecule has 14 heteroatoms. The van der Waals surface area contributed by atoms with Gasteiger partial charge in [0.2, 0.25) is 0 Å². The summed E-state index contributed by atoms with van der Waals surface area (Å²) < 4.78 is 57.2. The fraction of sp³-hybridized carbons (Fsp3) is 0.316. The fourth-order valence-corrected chi connectivity index (χ4v) is 5.61. The summed E-state index contributed by atoms with van der Waals surface area (Å²) in [6.45, 7) is 0.613. The Kier molecular flexibility index (Phi) is 7.00. The van der Waals surface area contributed by atoms with E-state index < -0.39 is 29.2 Å².